The van der Waals surface area contributed by atoms with Crippen molar-refractivity contribution in [2.75, 3.05) is 10.6 Å². The maximum atomic E-state index is 13.3. The molecule has 1 heterocycles. The summed E-state index contributed by atoms with van der Waals surface area (Å²) in [6.07, 6.45) is 0.296. The number of halogens is 1. The van der Waals surface area contributed by atoms with Crippen LogP contribution in [0, 0.1) is 5.82 Å². The lowest BCUT2D eigenvalue weighted by Crippen LogP contribution is -2.14. The zero-order valence-electron chi connectivity index (χ0n) is 14.1. The van der Waals surface area contributed by atoms with Gasteiger partial charge in [-0.3, -0.25) is 9.59 Å². The van der Waals surface area contributed by atoms with Crippen molar-refractivity contribution in [2.24, 2.45) is 0 Å². The Labute approximate surface area is 149 Å². The molecule has 0 fully saturated rings. The molecule has 0 aliphatic heterocycles. The molecular weight excluding hydrogens is 335 g/mol. The molecule has 0 bridgehead atoms. The quantitative estimate of drug-likeness (QED) is 0.736. The number of hydrogen-bond donors (Lipinski definition) is 2. The van der Waals surface area contributed by atoms with Gasteiger partial charge in [-0.05, 0) is 30.3 Å². The lowest BCUT2D eigenvalue weighted by atomic mass is 10.3. The van der Waals surface area contributed by atoms with Gasteiger partial charge in [0, 0.05) is 18.2 Å². The van der Waals surface area contributed by atoms with Crippen molar-refractivity contribution in [1.82, 2.24) is 9.78 Å². The number of carbonyl (C=O) groups excluding carboxylic acids is 2. The van der Waals surface area contributed by atoms with Gasteiger partial charge in [0.1, 0.15) is 11.6 Å². The Morgan fingerprint density at radius 3 is 2.50 bits per heavy atom. The van der Waals surface area contributed by atoms with Crippen LogP contribution in [0.2, 0.25) is 0 Å². The molecule has 1 aromatic heterocycles. The van der Waals surface area contributed by atoms with Gasteiger partial charge < -0.3 is 10.6 Å². The third-order valence-corrected chi connectivity index (χ3v) is 3.61. The van der Waals surface area contributed by atoms with Crippen LogP contribution in [0.3, 0.4) is 0 Å². The molecule has 26 heavy (non-hydrogen) atoms. The van der Waals surface area contributed by atoms with Gasteiger partial charge in [-0.15, -0.1) is 0 Å². The summed E-state index contributed by atoms with van der Waals surface area (Å²) in [4.78, 5) is 24.2. The van der Waals surface area contributed by atoms with E-state index in [2.05, 4.69) is 15.7 Å². The van der Waals surface area contributed by atoms with Crippen LogP contribution in [0.15, 0.2) is 60.7 Å². The van der Waals surface area contributed by atoms with Crippen LogP contribution in [0.1, 0.15) is 23.8 Å². The summed E-state index contributed by atoms with van der Waals surface area (Å²) in [5, 5.41) is 9.60. The Hall–Kier alpha value is -3.48. The monoisotopic (exact) mass is 352 g/mol. The highest BCUT2D eigenvalue weighted by Crippen LogP contribution is 2.19. The molecule has 2 aromatic carbocycles. The zero-order chi connectivity index (χ0) is 18.5. The van der Waals surface area contributed by atoms with Gasteiger partial charge in [0.15, 0.2) is 5.69 Å². The third kappa shape index (κ3) is 3.94. The fraction of sp³-hybridized carbons (Fsp3) is 0.105. The van der Waals surface area contributed by atoms with Crippen molar-refractivity contribution >= 4 is 23.3 Å². The third-order valence-electron chi connectivity index (χ3n) is 3.61. The summed E-state index contributed by atoms with van der Waals surface area (Å²) >= 11 is 0. The van der Waals surface area contributed by atoms with Crippen molar-refractivity contribution in [2.45, 2.75) is 13.3 Å². The minimum atomic E-state index is -0.503. The first-order chi connectivity index (χ1) is 12.6. The standard InChI is InChI=1S/C19H17FN4O2/c1-2-18(25)22-17-12-16(23-24(17)15-9-4-3-5-10-15)19(26)21-14-8-6-7-13(20)11-14/h3-12H,2H2,1H3,(H,21,26)(H,22,25). The smallest absolute Gasteiger partial charge is 0.276 e. The maximum Gasteiger partial charge on any atom is 0.276 e. The Kier molecular flexibility index (Phi) is 5.07. The second-order valence-electron chi connectivity index (χ2n) is 5.53. The number of nitrogens with one attached hydrogen (secondary N) is 2. The fourth-order valence-corrected chi connectivity index (χ4v) is 2.34. The van der Waals surface area contributed by atoms with Gasteiger partial charge in [-0.25, -0.2) is 9.07 Å². The molecule has 132 valence electrons. The summed E-state index contributed by atoms with van der Waals surface area (Å²) in [6, 6.07) is 16.2. The number of aromatic nitrogens is 2. The molecule has 3 aromatic rings. The largest absolute Gasteiger partial charge is 0.320 e. The second-order valence-corrected chi connectivity index (χ2v) is 5.53. The van der Waals surface area contributed by atoms with Crippen LogP contribution in [0.5, 0.6) is 0 Å². The lowest BCUT2D eigenvalue weighted by molar-refractivity contribution is -0.115. The molecule has 7 heteroatoms. The van der Waals surface area contributed by atoms with E-state index < -0.39 is 11.7 Å². The summed E-state index contributed by atoms with van der Waals surface area (Å²) in [5.74, 6) is -0.766. The van der Waals surface area contributed by atoms with E-state index in [-0.39, 0.29) is 11.6 Å². The molecule has 0 saturated carbocycles. The minimum Gasteiger partial charge on any atom is -0.320 e. The van der Waals surface area contributed by atoms with E-state index in [4.69, 9.17) is 0 Å². The normalized spacial score (nSPS) is 10.4. The summed E-state index contributed by atoms with van der Waals surface area (Å²) in [6.45, 7) is 1.73. The first kappa shape index (κ1) is 17.3. The number of benzene rings is 2. The van der Waals surface area contributed by atoms with Crippen molar-refractivity contribution in [3.8, 4) is 5.69 Å². The van der Waals surface area contributed by atoms with Gasteiger partial charge in [0.05, 0.1) is 5.69 Å². The van der Waals surface area contributed by atoms with Crippen molar-refractivity contribution in [1.29, 1.82) is 0 Å². The molecular formula is C19H17FN4O2. The van der Waals surface area contributed by atoms with Crippen molar-refractivity contribution < 1.29 is 14.0 Å². The lowest BCUT2D eigenvalue weighted by Gasteiger charge is -2.07. The van der Waals surface area contributed by atoms with Crippen LogP contribution in [0.25, 0.3) is 5.69 Å². The number of carbonyl (C=O) groups is 2. The summed E-state index contributed by atoms with van der Waals surface area (Å²) in [5.41, 5.74) is 1.12. The molecule has 0 aliphatic carbocycles. The highest BCUT2D eigenvalue weighted by molar-refractivity contribution is 6.04. The average molecular weight is 352 g/mol. The van der Waals surface area contributed by atoms with Crippen LogP contribution < -0.4 is 10.6 Å². The van der Waals surface area contributed by atoms with Gasteiger partial charge in [0.2, 0.25) is 5.91 Å². The topological polar surface area (TPSA) is 76.0 Å². The molecule has 0 unspecified atom stereocenters. The number of rotatable bonds is 5. The van der Waals surface area contributed by atoms with E-state index >= 15 is 0 Å². The first-order valence-electron chi connectivity index (χ1n) is 8.09. The van der Waals surface area contributed by atoms with Crippen LogP contribution >= 0.6 is 0 Å². The van der Waals surface area contributed by atoms with Gasteiger partial charge in [-0.2, -0.15) is 5.10 Å². The minimum absolute atomic E-state index is 0.101. The predicted octanol–water partition coefficient (Wildman–Crippen LogP) is 3.61. The number of anilines is 2. The molecule has 0 radical (unpaired) electrons. The second kappa shape index (κ2) is 7.60. The molecule has 6 nitrogen and oxygen atoms in total. The molecule has 0 atom stereocenters. The van der Waals surface area contributed by atoms with Gasteiger partial charge in [-0.1, -0.05) is 31.2 Å². The predicted molar refractivity (Wildman–Crippen MR) is 96.8 cm³/mol. The van der Waals surface area contributed by atoms with Gasteiger partial charge in [0.25, 0.3) is 5.91 Å². The Balaban J connectivity index is 1.92. The Morgan fingerprint density at radius 1 is 1.04 bits per heavy atom. The van der Waals surface area contributed by atoms with E-state index in [1.807, 2.05) is 30.3 Å². The van der Waals surface area contributed by atoms with Crippen LogP contribution in [-0.2, 0) is 4.79 Å². The highest BCUT2D eigenvalue weighted by atomic mass is 19.1. The Bertz CT molecular complexity index is 938. The maximum absolute atomic E-state index is 13.3. The highest BCUT2D eigenvalue weighted by Gasteiger charge is 2.17. The van der Waals surface area contributed by atoms with Crippen LogP contribution in [-0.4, -0.2) is 21.6 Å². The summed E-state index contributed by atoms with van der Waals surface area (Å²) < 4.78 is 14.8. The molecule has 2 amide bonds. The van der Waals surface area contributed by atoms with Crippen molar-refractivity contribution in [3.63, 3.8) is 0 Å². The average Bonchev–Trinajstić information content (AvgIpc) is 3.06. The Morgan fingerprint density at radius 2 is 1.81 bits per heavy atom. The molecule has 0 spiro atoms. The van der Waals surface area contributed by atoms with Gasteiger partial charge >= 0.3 is 0 Å². The molecule has 2 N–H and O–H groups in total. The SMILES string of the molecule is CCC(=O)Nc1cc(C(=O)Nc2cccc(F)c2)nn1-c1ccccc1. The first-order valence-corrected chi connectivity index (χ1v) is 8.09. The fourth-order valence-electron chi connectivity index (χ4n) is 2.34. The number of nitrogens with zero attached hydrogens (tertiary/aromatic N) is 2. The van der Waals surface area contributed by atoms with Crippen LogP contribution in [0.4, 0.5) is 15.9 Å². The summed E-state index contributed by atoms with van der Waals surface area (Å²) in [7, 11) is 0. The molecule has 0 saturated heterocycles. The van der Waals surface area contributed by atoms with E-state index in [0.717, 1.165) is 0 Å². The van der Waals surface area contributed by atoms with E-state index in [1.54, 1.807) is 13.0 Å². The van der Waals surface area contributed by atoms with Crippen molar-refractivity contribution in [3.05, 3.63) is 72.2 Å². The number of hydrogen-bond acceptors (Lipinski definition) is 3. The molecule has 3 rings (SSSR count). The zero-order valence-corrected chi connectivity index (χ0v) is 14.1. The van der Waals surface area contributed by atoms with E-state index in [0.29, 0.717) is 23.6 Å². The van der Waals surface area contributed by atoms with E-state index in [9.17, 15) is 14.0 Å². The number of amides is 2. The van der Waals surface area contributed by atoms with E-state index in [1.165, 1.54) is 28.9 Å². The number of para-hydroxylation sites is 1. The molecule has 0 aliphatic rings.